The minimum absolute atomic E-state index is 0.670. The fraction of sp³-hybridized carbons (Fsp3) is 0.462. The van der Waals surface area contributed by atoms with Crippen LogP contribution in [-0.4, -0.2) is 19.5 Å². The molecule has 0 aliphatic heterocycles. The molecular weight excluding hydrogens is 226 g/mol. The lowest BCUT2D eigenvalue weighted by Crippen LogP contribution is -2.08. The third kappa shape index (κ3) is 3.06. The van der Waals surface area contributed by atoms with E-state index in [1.165, 1.54) is 0 Å². The van der Waals surface area contributed by atoms with Gasteiger partial charge in [0.05, 0.1) is 17.9 Å². The van der Waals surface area contributed by atoms with Crippen LogP contribution in [0.4, 0.5) is 5.95 Å². The first-order chi connectivity index (χ1) is 8.69. The van der Waals surface area contributed by atoms with Gasteiger partial charge in [-0.15, -0.1) is 0 Å². The summed E-state index contributed by atoms with van der Waals surface area (Å²) in [6.07, 6.45) is 4.94. The molecule has 0 atom stereocenters. The minimum atomic E-state index is 0.670. The van der Waals surface area contributed by atoms with E-state index in [2.05, 4.69) is 38.0 Å². The fourth-order valence-corrected chi connectivity index (χ4v) is 1.87. The molecule has 0 saturated heterocycles. The Morgan fingerprint density at radius 2 is 2.11 bits per heavy atom. The molecule has 1 N–H and O–H groups in total. The number of nitrogens with one attached hydrogen (secondary N) is 1. The summed E-state index contributed by atoms with van der Waals surface area (Å²) in [6, 6.07) is 1.92. The molecule has 0 unspecified atom stereocenters. The Morgan fingerprint density at radius 3 is 2.83 bits per heavy atom. The van der Waals surface area contributed by atoms with Crippen molar-refractivity contribution in [3.63, 3.8) is 0 Å². The van der Waals surface area contributed by atoms with Gasteiger partial charge in [-0.05, 0) is 26.3 Å². The van der Waals surface area contributed by atoms with Crippen molar-refractivity contribution in [2.75, 3.05) is 5.32 Å². The van der Waals surface area contributed by atoms with Crippen molar-refractivity contribution in [1.29, 1.82) is 0 Å². The maximum absolute atomic E-state index is 4.48. The highest BCUT2D eigenvalue weighted by Crippen LogP contribution is 2.10. The summed E-state index contributed by atoms with van der Waals surface area (Å²) < 4.78 is 2.14. The van der Waals surface area contributed by atoms with Crippen LogP contribution in [0, 0.1) is 13.8 Å². The van der Waals surface area contributed by atoms with Gasteiger partial charge in [-0.25, -0.2) is 15.0 Å². The molecule has 5 heteroatoms. The van der Waals surface area contributed by atoms with Crippen molar-refractivity contribution in [2.45, 2.75) is 40.3 Å². The first kappa shape index (κ1) is 12.5. The normalized spacial score (nSPS) is 10.6. The molecule has 0 spiro atoms. The smallest absolute Gasteiger partial charge is 0.203 e. The molecule has 96 valence electrons. The van der Waals surface area contributed by atoms with Gasteiger partial charge in [0.15, 0.2) is 0 Å². The summed E-state index contributed by atoms with van der Waals surface area (Å²) in [7, 11) is 0. The number of aromatic nitrogens is 4. The van der Waals surface area contributed by atoms with Gasteiger partial charge in [0.25, 0.3) is 0 Å². The average molecular weight is 245 g/mol. The van der Waals surface area contributed by atoms with Crippen LogP contribution in [-0.2, 0) is 13.1 Å². The predicted molar refractivity (Wildman–Crippen MR) is 71.4 cm³/mol. The summed E-state index contributed by atoms with van der Waals surface area (Å²) in [5.41, 5.74) is 2.01. The van der Waals surface area contributed by atoms with Crippen LogP contribution in [0.3, 0.4) is 0 Å². The zero-order valence-corrected chi connectivity index (χ0v) is 11.1. The summed E-state index contributed by atoms with van der Waals surface area (Å²) in [6.45, 7) is 7.71. The van der Waals surface area contributed by atoms with Crippen LogP contribution in [0.5, 0.6) is 0 Å². The molecule has 2 heterocycles. The molecule has 2 aromatic heterocycles. The highest BCUT2D eigenvalue weighted by atomic mass is 15.2. The van der Waals surface area contributed by atoms with E-state index in [9.17, 15) is 0 Å². The second-order valence-electron chi connectivity index (χ2n) is 4.35. The van der Waals surface area contributed by atoms with Crippen LogP contribution < -0.4 is 5.32 Å². The average Bonchev–Trinajstić information content (AvgIpc) is 2.68. The summed E-state index contributed by atoms with van der Waals surface area (Å²) in [5.74, 6) is 1.70. The van der Waals surface area contributed by atoms with E-state index in [1.807, 2.05) is 19.9 Å². The number of hydrogen-bond acceptors (Lipinski definition) is 4. The largest absolute Gasteiger partial charge is 0.350 e. The van der Waals surface area contributed by atoms with Gasteiger partial charge >= 0.3 is 0 Å². The van der Waals surface area contributed by atoms with E-state index in [-0.39, 0.29) is 0 Å². The standard InChI is InChI=1S/C13H19N5/c1-4-7-18-9-10(2)16-13(18)15-8-12-5-6-14-11(3)17-12/h5-6,9H,4,7-8H2,1-3H3,(H,15,16). The van der Waals surface area contributed by atoms with Crippen LogP contribution >= 0.6 is 0 Å². The maximum Gasteiger partial charge on any atom is 0.203 e. The van der Waals surface area contributed by atoms with Crippen molar-refractivity contribution >= 4 is 5.95 Å². The molecular formula is C13H19N5. The summed E-state index contributed by atoms with van der Waals surface area (Å²) >= 11 is 0. The number of rotatable bonds is 5. The molecule has 0 amide bonds. The number of imidazole rings is 1. The molecule has 0 bridgehead atoms. The molecule has 2 rings (SSSR count). The van der Waals surface area contributed by atoms with Gasteiger partial charge in [-0.1, -0.05) is 6.92 Å². The molecule has 2 aromatic rings. The Morgan fingerprint density at radius 1 is 1.28 bits per heavy atom. The van der Waals surface area contributed by atoms with Gasteiger partial charge < -0.3 is 9.88 Å². The van der Waals surface area contributed by atoms with Crippen molar-refractivity contribution in [1.82, 2.24) is 19.5 Å². The molecule has 18 heavy (non-hydrogen) atoms. The quantitative estimate of drug-likeness (QED) is 0.878. The Bertz CT molecular complexity index is 518. The zero-order valence-electron chi connectivity index (χ0n) is 11.1. The van der Waals surface area contributed by atoms with Gasteiger partial charge in [0.1, 0.15) is 5.82 Å². The minimum Gasteiger partial charge on any atom is -0.350 e. The molecule has 0 fully saturated rings. The lowest BCUT2D eigenvalue weighted by molar-refractivity contribution is 0.681. The summed E-state index contributed by atoms with van der Waals surface area (Å²) in [4.78, 5) is 12.9. The number of hydrogen-bond donors (Lipinski definition) is 1. The van der Waals surface area contributed by atoms with E-state index in [1.54, 1.807) is 6.20 Å². The Hall–Kier alpha value is -1.91. The highest BCUT2D eigenvalue weighted by molar-refractivity contribution is 5.29. The van der Waals surface area contributed by atoms with Gasteiger partial charge in [-0.2, -0.15) is 0 Å². The van der Waals surface area contributed by atoms with Crippen LogP contribution in [0.2, 0.25) is 0 Å². The predicted octanol–water partition coefficient (Wildman–Crippen LogP) is 2.31. The van der Waals surface area contributed by atoms with Crippen LogP contribution in [0.1, 0.15) is 30.6 Å². The number of nitrogens with zero attached hydrogens (tertiary/aromatic N) is 4. The Balaban J connectivity index is 2.05. The van der Waals surface area contributed by atoms with Gasteiger partial charge in [-0.3, -0.25) is 0 Å². The SMILES string of the molecule is CCCn1cc(C)nc1NCc1ccnc(C)n1. The van der Waals surface area contributed by atoms with Crippen molar-refractivity contribution in [2.24, 2.45) is 0 Å². The van der Waals surface area contributed by atoms with Crippen LogP contribution in [0.25, 0.3) is 0 Å². The molecule has 0 aliphatic carbocycles. The van der Waals surface area contributed by atoms with E-state index in [4.69, 9.17) is 0 Å². The third-order valence-corrected chi connectivity index (χ3v) is 2.62. The number of aryl methyl sites for hydroxylation is 3. The van der Waals surface area contributed by atoms with Crippen molar-refractivity contribution in [3.05, 3.63) is 35.7 Å². The third-order valence-electron chi connectivity index (χ3n) is 2.62. The molecule has 0 aromatic carbocycles. The molecule has 0 saturated carbocycles. The van der Waals surface area contributed by atoms with E-state index < -0.39 is 0 Å². The lowest BCUT2D eigenvalue weighted by Gasteiger charge is -2.08. The van der Waals surface area contributed by atoms with E-state index in [0.29, 0.717) is 6.54 Å². The second kappa shape index (κ2) is 5.62. The lowest BCUT2D eigenvalue weighted by atomic mass is 10.4. The van der Waals surface area contributed by atoms with Crippen molar-refractivity contribution in [3.8, 4) is 0 Å². The van der Waals surface area contributed by atoms with Gasteiger partial charge in [0, 0.05) is 18.9 Å². The Labute approximate surface area is 107 Å². The first-order valence-electron chi connectivity index (χ1n) is 6.25. The second-order valence-corrected chi connectivity index (χ2v) is 4.35. The highest BCUT2D eigenvalue weighted by Gasteiger charge is 2.04. The first-order valence-corrected chi connectivity index (χ1v) is 6.25. The van der Waals surface area contributed by atoms with E-state index in [0.717, 1.165) is 36.1 Å². The maximum atomic E-state index is 4.48. The molecule has 0 radical (unpaired) electrons. The van der Waals surface area contributed by atoms with Crippen molar-refractivity contribution < 1.29 is 0 Å². The molecule has 0 aliphatic rings. The topological polar surface area (TPSA) is 55.6 Å². The Kier molecular flexibility index (Phi) is 3.92. The number of anilines is 1. The fourth-order valence-electron chi connectivity index (χ4n) is 1.87. The van der Waals surface area contributed by atoms with Gasteiger partial charge in [0.2, 0.25) is 5.95 Å². The monoisotopic (exact) mass is 245 g/mol. The van der Waals surface area contributed by atoms with E-state index >= 15 is 0 Å². The molecule has 5 nitrogen and oxygen atoms in total. The zero-order chi connectivity index (χ0) is 13.0. The van der Waals surface area contributed by atoms with Crippen LogP contribution in [0.15, 0.2) is 18.5 Å². The summed E-state index contributed by atoms with van der Waals surface area (Å²) in [5, 5.41) is 3.32.